The van der Waals surface area contributed by atoms with Crippen molar-refractivity contribution in [1.29, 1.82) is 0 Å². The first kappa shape index (κ1) is 19.0. The number of aromatic hydroxyl groups is 1. The summed E-state index contributed by atoms with van der Waals surface area (Å²) in [6.07, 6.45) is 0.597. The minimum absolute atomic E-state index is 0.0000767. The number of fused-ring (bicyclic) bond motifs is 1. The van der Waals surface area contributed by atoms with Crippen LogP contribution in [0.1, 0.15) is 6.42 Å². The maximum Gasteiger partial charge on any atom is 0.419 e. The first-order valence-electron chi connectivity index (χ1n) is 8.33. The van der Waals surface area contributed by atoms with Gasteiger partial charge in [-0.2, -0.15) is 0 Å². The fourth-order valence-corrected chi connectivity index (χ4v) is 2.52. The smallest absolute Gasteiger partial charge is 0.419 e. The molecule has 0 aliphatic heterocycles. The fraction of sp³-hybridized carbons (Fsp3) is 0.211. The van der Waals surface area contributed by atoms with Gasteiger partial charge in [0.25, 0.3) is 0 Å². The van der Waals surface area contributed by atoms with Crippen LogP contribution in [0.2, 0.25) is 0 Å². The van der Waals surface area contributed by atoms with Gasteiger partial charge in [0.1, 0.15) is 22.8 Å². The molecule has 9 nitrogen and oxygen atoms in total. The highest BCUT2D eigenvalue weighted by Crippen LogP contribution is 2.32. The van der Waals surface area contributed by atoms with Crippen LogP contribution >= 0.6 is 0 Å². The molecule has 0 unspecified atom stereocenters. The van der Waals surface area contributed by atoms with E-state index in [0.717, 1.165) is 5.75 Å². The van der Waals surface area contributed by atoms with Crippen LogP contribution in [-0.4, -0.2) is 30.4 Å². The molecular weight excluding hydrogens is 370 g/mol. The number of benzene rings is 2. The quantitative estimate of drug-likeness (QED) is 0.270. The van der Waals surface area contributed by atoms with E-state index in [1.807, 2.05) is 0 Å². The van der Waals surface area contributed by atoms with E-state index >= 15 is 0 Å². The van der Waals surface area contributed by atoms with Gasteiger partial charge in [0.05, 0.1) is 30.6 Å². The second-order valence-corrected chi connectivity index (χ2v) is 5.73. The highest BCUT2D eigenvalue weighted by Gasteiger charge is 2.24. The molecule has 1 heterocycles. The van der Waals surface area contributed by atoms with Crippen molar-refractivity contribution in [1.82, 2.24) is 0 Å². The summed E-state index contributed by atoms with van der Waals surface area (Å²) in [7, 11) is 1.59. The van der Waals surface area contributed by atoms with Crippen molar-refractivity contribution in [3.05, 3.63) is 63.0 Å². The summed E-state index contributed by atoms with van der Waals surface area (Å²) in [6, 6.07) is 11.5. The number of nitrogens with zero attached hydrogens (tertiary/aromatic N) is 1. The van der Waals surface area contributed by atoms with Gasteiger partial charge < -0.3 is 23.7 Å². The van der Waals surface area contributed by atoms with Gasteiger partial charge in [-0.05, 0) is 36.4 Å². The first-order valence-corrected chi connectivity index (χ1v) is 8.33. The summed E-state index contributed by atoms with van der Waals surface area (Å²) in [4.78, 5) is 21.5. The van der Waals surface area contributed by atoms with E-state index in [2.05, 4.69) is 0 Å². The van der Waals surface area contributed by atoms with Crippen molar-refractivity contribution in [2.24, 2.45) is 0 Å². The van der Waals surface area contributed by atoms with Gasteiger partial charge >= 0.3 is 11.3 Å². The molecule has 2 aromatic carbocycles. The van der Waals surface area contributed by atoms with E-state index in [1.54, 1.807) is 31.4 Å². The Morgan fingerprint density at radius 1 is 1.04 bits per heavy atom. The average molecular weight is 387 g/mol. The largest absolute Gasteiger partial charge is 0.501 e. The Hall–Kier alpha value is -3.75. The molecule has 0 aliphatic carbocycles. The SMILES string of the molecule is COc1ccc(OCCCOc2ccc3c(O)c([N+](=O)[O-])c(=O)oc3c2)cc1. The van der Waals surface area contributed by atoms with Crippen molar-refractivity contribution in [2.75, 3.05) is 20.3 Å². The zero-order valence-corrected chi connectivity index (χ0v) is 14.9. The highest BCUT2D eigenvalue weighted by molar-refractivity contribution is 5.87. The van der Waals surface area contributed by atoms with Crippen LogP contribution in [-0.2, 0) is 0 Å². The van der Waals surface area contributed by atoms with Gasteiger partial charge in [-0.25, -0.2) is 4.79 Å². The molecule has 0 saturated heterocycles. The van der Waals surface area contributed by atoms with Gasteiger partial charge in [-0.3, -0.25) is 10.1 Å². The van der Waals surface area contributed by atoms with Gasteiger partial charge in [0.15, 0.2) is 0 Å². The predicted octanol–water partition coefficient (Wildman–Crippen LogP) is 3.26. The van der Waals surface area contributed by atoms with E-state index in [9.17, 15) is 20.0 Å². The molecule has 146 valence electrons. The van der Waals surface area contributed by atoms with Gasteiger partial charge in [-0.1, -0.05) is 0 Å². The van der Waals surface area contributed by atoms with Crippen LogP contribution in [0.3, 0.4) is 0 Å². The third-order valence-corrected chi connectivity index (χ3v) is 3.90. The van der Waals surface area contributed by atoms with Crippen molar-refractivity contribution >= 4 is 16.7 Å². The predicted molar refractivity (Wildman–Crippen MR) is 99.4 cm³/mol. The lowest BCUT2D eigenvalue weighted by atomic mass is 10.2. The van der Waals surface area contributed by atoms with Crippen LogP contribution in [0.5, 0.6) is 23.0 Å². The Kier molecular flexibility index (Phi) is 5.64. The molecule has 1 aromatic heterocycles. The first-order chi connectivity index (χ1) is 13.5. The van der Waals surface area contributed by atoms with Crippen LogP contribution in [0, 0.1) is 10.1 Å². The number of methoxy groups -OCH3 is 1. The molecular formula is C19H17NO8. The maximum atomic E-state index is 11.6. The Morgan fingerprint density at radius 3 is 2.29 bits per heavy atom. The summed E-state index contributed by atoms with van der Waals surface area (Å²) in [5, 5.41) is 20.8. The van der Waals surface area contributed by atoms with Crippen LogP contribution < -0.4 is 19.8 Å². The molecule has 0 amide bonds. The molecule has 28 heavy (non-hydrogen) atoms. The molecule has 9 heteroatoms. The van der Waals surface area contributed by atoms with Crippen LogP contribution in [0.4, 0.5) is 5.69 Å². The molecule has 1 N–H and O–H groups in total. The summed E-state index contributed by atoms with van der Waals surface area (Å²) < 4.78 is 21.1. The van der Waals surface area contributed by atoms with Crippen molar-refractivity contribution in [2.45, 2.75) is 6.42 Å². The Morgan fingerprint density at radius 2 is 1.64 bits per heavy atom. The van der Waals surface area contributed by atoms with Gasteiger partial charge in [-0.15, -0.1) is 0 Å². The lowest BCUT2D eigenvalue weighted by Crippen LogP contribution is -2.07. The van der Waals surface area contributed by atoms with Crippen LogP contribution in [0.15, 0.2) is 51.7 Å². The fourth-order valence-electron chi connectivity index (χ4n) is 2.52. The monoisotopic (exact) mass is 387 g/mol. The summed E-state index contributed by atoms with van der Waals surface area (Å²) in [6.45, 7) is 0.771. The standard InChI is InChI=1S/C19H17NO8/c1-25-12-3-5-13(6-4-12)26-9-2-10-27-14-7-8-15-16(11-14)28-19(22)17(18(15)21)20(23)24/h3-8,11,21H,2,9-10H2,1H3. The second-order valence-electron chi connectivity index (χ2n) is 5.73. The highest BCUT2D eigenvalue weighted by atomic mass is 16.6. The maximum absolute atomic E-state index is 11.6. The summed E-state index contributed by atoms with van der Waals surface area (Å²) >= 11 is 0. The minimum atomic E-state index is -1.22. The van der Waals surface area contributed by atoms with E-state index in [4.69, 9.17) is 18.6 Å². The zero-order chi connectivity index (χ0) is 20.1. The van der Waals surface area contributed by atoms with Crippen molar-refractivity contribution < 1.29 is 28.7 Å². The number of hydrogen-bond acceptors (Lipinski definition) is 8. The lowest BCUT2D eigenvalue weighted by Gasteiger charge is -2.09. The molecule has 0 saturated carbocycles. The van der Waals surface area contributed by atoms with E-state index < -0.39 is 22.0 Å². The number of nitro groups is 1. The van der Waals surface area contributed by atoms with E-state index in [1.165, 1.54) is 18.2 Å². The topological polar surface area (TPSA) is 121 Å². The normalized spacial score (nSPS) is 10.6. The zero-order valence-electron chi connectivity index (χ0n) is 14.9. The average Bonchev–Trinajstić information content (AvgIpc) is 2.67. The summed E-state index contributed by atoms with van der Waals surface area (Å²) in [5.41, 5.74) is -2.21. The molecule has 0 fully saturated rings. The number of ether oxygens (including phenoxy) is 3. The van der Waals surface area contributed by atoms with Gasteiger partial charge in [0.2, 0.25) is 5.75 Å². The molecule has 0 atom stereocenters. The van der Waals surface area contributed by atoms with Crippen molar-refractivity contribution in [3.63, 3.8) is 0 Å². The lowest BCUT2D eigenvalue weighted by molar-refractivity contribution is -0.388. The van der Waals surface area contributed by atoms with E-state index in [0.29, 0.717) is 31.1 Å². The third-order valence-electron chi connectivity index (χ3n) is 3.90. The Labute approximate surface area is 158 Å². The van der Waals surface area contributed by atoms with Crippen LogP contribution in [0.25, 0.3) is 11.0 Å². The molecule has 3 aromatic rings. The molecule has 3 rings (SSSR count). The number of rotatable bonds is 8. The Balaban J connectivity index is 1.58. The molecule has 0 bridgehead atoms. The second kappa shape index (κ2) is 8.30. The molecule has 0 radical (unpaired) electrons. The number of hydrogen-bond donors (Lipinski definition) is 1. The summed E-state index contributed by atoms with van der Waals surface area (Å²) in [5.74, 6) is 1.13. The molecule has 0 aliphatic rings. The van der Waals surface area contributed by atoms with Crippen molar-refractivity contribution in [3.8, 4) is 23.0 Å². The third kappa shape index (κ3) is 4.14. The Bertz CT molecular complexity index is 1040. The minimum Gasteiger partial charge on any atom is -0.501 e. The molecule has 0 spiro atoms. The van der Waals surface area contributed by atoms with E-state index in [-0.39, 0.29) is 11.0 Å². The van der Waals surface area contributed by atoms with Gasteiger partial charge in [0, 0.05) is 12.5 Å².